The first-order chi connectivity index (χ1) is 17.1. The van der Waals surface area contributed by atoms with Gasteiger partial charge in [-0.1, -0.05) is 48.0 Å². The average Bonchev–Trinajstić information content (AvgIpc) is 3.48. The van der Waals surface area contributed by atoms with Crippen molar-refractivity contribution in [1.29, 1.82) is 0 Å². The first-order valence-corrected chi connectivity index (χ1v) is 12.2. The second-order valence-electron chi connectivity index (χ2n) is 9.05. The summed E-state index contributed by atoms with van der Waals surface area (Å²) in [5.41, 5.74) is 5.12. The molecule has 5 aromatic rings. The quantitative estimate of drug-likeness (QED) is 0.350. The van der Waals surface area contributed by atoms with Crippen LogP contribution in [0.4, 0.5) is 5.82 Å². The Kier molecular flexibility index (Phi) is 5.41. The fourth-order valence-corrected chi connectivity index (χ4v) is 5.01. The van der Waals surface area contributed by atoms with Crippen LogP contribution in [0.3, 0.4) is 0 Å². The first-order valence-electron chi connectivity index (χ1n) is 11.8. The average molecular weight is 485 g/mol. The second kappa shape index (κ2) is 8.74. The minimum Gasteiger partial charge on any atom is -0.367 e. The number of carbonyl (C=O) groups excluding carboxylic acids is 1. The molecule has 2 N–H and O–H groups in total. The third kappa shape index (κ3) is 4.02. The smallest absolute Gasteiger partial charge is 0.270 e. The lowest BCUT2D eigenvalue weighted by Crippen LogP contribution is -2.42. The third-order valence-corrected chi connectivity index (χ3v) is 7.02. The number of aryl methyl sites for hydroxylation is 1. The highest BCUT2D eigenvalue weighted by molar-refractivity contribution is 6.33. The van der Waals surface area contributed by atoms with Crippen LogP contribution in [-0.4, -0.2) is 49.5 Å². The molecule has 7 nitrogen and oxygen atoms in total. The van der Waals surface area contributed by atoms with Crippen molar-refractivity contribution in [3.8, 4) is 11.3 Å². The molecular formula is C27H25ClN6O. The highest BCUT2D eigenvalue weighted by atomic mass is 35.5. The number of para-hydroxylation sites is 1. The van der Waals surface area contributed by atoms with E-state index in [2.05, 4.69) is 15.4 Å². The highest BCUT2D eigenvalue weighted by Crippen LogP contribution is 2.30. The van der Waals surface area contributed by atoms with Crippen molar-refractivity contribution in [2.75, 3.05) is 18.4 Å². The lowest BCUT2D eigenvalue weighted by atomic mass is 10.0. The molecule has 0 saturated carbocycles. The Morgan fingerprint density at radius 2 is 1.86 bits per heavy atom. The number of hydrogen-bond acceptors (Lipinski definition) is 4. The summed E-state index contributed by atoms with van der Waals surface area (Å²) in [6, 6.07) is 19.8. The van der Waals surface area contributed by atoms with Crippen LogP contribution in [0.25, 0.3) is 27.8 Å². The molecule has 176 valence electrons. The maximum absolute atomic E-state index is 13.1. The molecule has 0 unspecified atom stereocenters. The highest BCUT2D eigenvalue weighted by Gasteiger charge is 2.25. The van der Waals surface area contributed by atoms with E-state index in [1.54, 1.807) is 0 Å². The van der Waals surface area contributed by atoms with E-state index in [0.717, 1.165) is 52.0 Å². The van der Waals surface area contributed by atoms with Gasteiger partial charge in [0.1, 0.15) is 11.5 Å². The number of aromatic amines is 1. The zero-order chi connectivity index (χ0) is 23.9. The number of nitrogens with zero attached hydrogens (tertiary/aromatic N) is 4. The molecular weight excluding hydrogens is 460 g/mol. The molecule has 6 rings (SSSR count). The molecule has 35 heavy (non-hydrogen) atoms. The molecule has 1 saturated heterocycles. The van der Waals surface area contributed by atoms with Crippen LogP contribution < -0.4 is 5.32 Å². The van der Waals surface area contributed by atoms with Crippen molar-refractivity contribution in [1.82, 2.24) is 24.5 Å². The maximum Gasteiger partial charge on any atom is 0.270 e. The molecule has 1 aliphatic rings. The zero-order valence-electron chi connectivity index (χ0n) is 19.3. The number of likely N-dealkylation sites (tertiary alicyclic amines) is 1. The normalized spacial score (nSPS) is 14.6. The molecule has 0 aliphatic carbocycles. The molecule has 0 radical (unpaired) electrons. The number of aromatic nitrogens is 4. The number of H-pyrrole nitrogens is 1. The predicted octanol–water partition coefficient (Wildman–Crippen LogP) is 5.56. The number of hydrogen-bond donors (Lipinski definition) is 2. The van der Waals surface area contributed by atoms with E-state index < -0.39 is 0 Å². The monoisotopic (exact) mass is 484 g/mol. The number of piperidine rings is 1. The van der Waals surface area contributed by atoms with Gasteiger partial charge in [-0.05, 0) is 38.0 Å². The Morgan fingerprint density at radius 3 is 2.66 bits per heavy atom. The molecule has 4 heterocycles. The van der Waals surface area contributed by atoms with Crippen LogP contribution in [-0.2, 0) is 0 Å². The summed E-state index contributed by atoms with van der Waals surface area (Å²) in [6.07, 6.45) is 3.51. The molecule has 0 spiro atoms. The summed E-state index contributed by atoms with van der Waals surface area (Å²) in [7, 11) is 0. The van der Waals surface area contributed by atoms with E-state index in [1.165, 1.54) is 0 Å². The fraction of sp³-hybridized carbons (Fsp3) is 0.222. The van der Waals surface area contributed by atoms with Crippen LogP contribution in [0.5, 0.6) is 0 Å². The predicted molar refractivity (Wildman–Crippen MR) is 139 cm³/mol. The van der Waals surface area contributed by atoms with Gasteiger partial charge in [0.2, 0.25) is 0 Å². The number of nitrogens with one attached hydrogen (secondary N) is 2. The molecule has 3 aromatic heterocycles. The summed E-state index contributed by atoms with van der Waals surface area (Å²) < 4.78 is 1.84. The van der Waals surface area contributed by atoms with Gasteiger partial charge >= 0.3 is 0 Å². The van der Waals surface area contributed by atoms with Crippen molar-refractivity contribution < 1.29 is 4.79 Å². The molecule has 1 aliphatic heterocycles. The molecule has 0 bridgehead atoms. The SMILES string of the molecule is Cc1cnn2c(NC3CCN(C(=O)c4cc5ccccc5[nH]4)CC3)cc(-c3ccccc3Cl)nc12. The maximum atomic E-state index is 13.1. The van der Waals surface area contributed by atoms with Crippen molar-refractivity contribution >= 4 is 39.9 Å². The van der Waals surface area contributed by atoms with Gasteiger partial charge in [0.25, 0.3) is 5.91 Å². The Morgan fingerprint density at radius 1 is 1.09 bits per heavy atom. The Balaban J connectivity index is 1.21. The third-order valence-electron chi connectivity index (χ3n) is 6.69. The lowest BCUT2D eigenvalue weighted by Gasteiger charge is -2.32. The number of fused-ring (bicyclic) bond motifs is 2. The summed E-state index contributed by atoms with van der Waals surface area (Å²) >= 11 is 6.47. The van der Waals surface area contributed by atoms with Crippen LogP contribution in [0.1, 0.15) is 28.9 Å². The largest absolute Gasteiger partial charge is 0.367 e. The van der Waals surface area contributed by atoms with E-state index >= 15 is 0 Å². The van der Waals surface area contributed by atoms with Gasteiger partial charge in [-0.3, -0.25) is 4.79 Å². The second-order valence-corrected chi connectivity index (χ2v) is 9.46. The van der Waals surface area contributed by atoms with E-state index in [1.807, 2.05) is 83.2 Å². The Bertz CT molecular complexity index is 1510. The first kappa shape index (κ1) is 21.7. The van der Waals surface area contributed by atoms with Gasteiger partial charge in [-0.15, -0.1) is 0 Å². The fourth-order valence-electron chi connectivity index (χ4n) is 4.78. The zero-order valence-corrected chi connectivity index (χ0v) is 20.1. The van der Waals surface area contributed by atoms with E-state index in [9.17, 15) is 4.79 Å². The topological polar surface area (TPSA) is 78.3 Å². The summed E-state index contributed by atoms with van der Waals surface area (Å²) in [4.78, 5) is 23.1. The van der Waals surface area contributed by atoms with Crippen molar-refractivity contribution in [3.05, 3.63) is 83.1 Å². The van der Waals surface area contributed by atoms with Crippen molar-refractivity contribution in [3.63, 3.8) is 0 Å². The minimum absolute atomic E-state index is 0.0506. The number of amides is 1. The van der Waals surface area contributed by atoms with E-state index in [-0.39, 0.29) is 11.9 Å². The van der Waals surface area contributed by atoms with Crippen LogP contribution in [0.2, 0.25) is 5.02 Å². The Labute approximate surface area is 207 Å². The molecule has 8 heteroatoms. The number of benzene rings is 2. The van der Waals surface area contributed by atoms with Crippen molar-refractivity contribution in [2.45, 2.75) is 25.8 Å². The summed E-state index contributed by atoms with van der Waals surface area (Å²) in [5.74, 6) is 0.924. The molecule has 1 amide bonds. The molecule has 2 aromatic carbocycles. The standard InChI is InChI=1S/C27H25ClN6O/c1-17-16-29-34-25(15-23(32-26(17)34)20-7-3-4-8-21(20)28)30-19-10-12-33(13-11-19)27(35)24-14-18-6-2-5-9-22(18)31-24/h2-9,14-16,19,30-31H,10-13H2,1H3. The minimum atomic E-state index is 0.0506. The molecule has 0 atom stereocenters. The summed E-state index contributed by atoms with van der Waals surface area (Å²) in [5, 5.41) is 9.91. The van der Waals surface area contributed by atoms with Crippen LogP contribution in [0, 0.1) is 6.92 Å². The summed E-state index contributed by atoms with van der Waals surface area (Å²) in [6.45, 7) is 3.38. The number of anilines is 1. The lowest BCUT2D eigenvalue weighted by molar-refractivity contribution is 0.0713. The molecule has 1 fully saturated rings. The Hall–Kier alpha value is -3.84. The van der Waals surface area contributed by atoms with Crippen molar-refractivity contribution in [2.24, 2.45) is 0 Å². The van der Waals surface area contributed by atoms with Gasteiger partial charge < -0.3 is 15.2 Å². The van der Waals surface area contributed by atoms with Gasteiger partial charge in [-0.25, -0.2) is 4.98 Å². The van der Waals surface area contributed by atoms with Gasteiger partial charge in [0.05, 0.1) is 11.9 Å². The van der Waals surface area contributed by atoms with E-state index in [0.29, 0.717) is 23.8 Å². The number of halogens is 1. The van der Waals surface area contributed by atoms with Crippen LogP contribution in [0.15, 0.2) is 66.9 Å². The number of rotatable bonds is 4. The van der Waals surface area contributed by atoms with Gasteiger partial charge in [-0.2, -0.15) is 9.61 Å². The van der Waals surface area contributed by atoms with Crippen LogP contribution >= 0.6 is 11.6 Å². The van der Waals surface area contributed by atoms with Gasteiger partial charge in [0, 0.05) is 52.3 Å². The van der Waals surface area contributed by atoms with E-state index in [4.69, 9.17) is 16.6 Å². The number of carbonyl (C=O) groups is 1. The van der Waals surface area contributed by atoms with Gasteiger partial charge in [0.15, 0.2) is 5.65 Å².